The Morgan fingerprint density at radius 2 is 1.85 bits per heavy atom. The van der Waals surface area contributed by atoms with E-state index in [-0.39, 0.29) is 0 Å². The fourth-order valence-electron chi connectivity index (χ4n) is 9.55. The lowest BCUT2D eigenvalue weighted by molar-refractivity contribution is -0.172. The maximum absolute atomic E-state index is 9.88. The second-order valence-corrected chi connectivity index (χ2v) is 10.2. The summed E-state index contributed by atoms with van der Waals surface area (Å²) < 4.78 is 0. The van der Waals surface area contributed by atoms with Gasteiger partial charge in [-0.2, -0.15) is 0 Å². The van der Waals surface area contributed by atoms with E-state index in [4.69, 9.17) is 0 Å². The van der Waals surface area contributed by atoms with E-state index in [0.717, 1.165) is 17.8 Å². The lowest BCUT2D eigenvalue weighted by Gasteiger charge is -2.64. The van der Waals surface area contributed by atoms with E-state index in [9.17, 15) is 5.11 Å². The van der Waals surface area contributed by atoms with Gasteiger partial charge < -0.3 is 5.11 Å². The van der Waals surface area contributed by atoms with Gasteiger partial charge in [0.25, 0.3) is 0 Å². The lowest BCUT2D eigenvalue weighted by atomic mass is 9.39. The molecule has 5 rings (SSSR count). The van der Waals surface area contributed by atoms with E-state index in [1.807, 2.05) is 0 Å². The normalized spacial score (nSPS) is 63.6. The molecule has 0 aliphatic heterocycles. The predicted molar refractivity (Wildman–Crippen MR) is 80.0 cm³/mol. The Kier molecular flexibility index (Phi) is 1.73. The van der Waals surface area contributed by atoms with E-state index >= 15 is 0 Å². The van der Waals surface area contributed by atoms with Crippen molar-refractivity contribution in [3.63, 3.8) is 0 Å². The van der Waals surface area contributed by atoms with Crippen molar-refractivity contribution in [1.29, 1.82) is 0 Å². The van der Waals surface area contributed by atoms with Crippen molar-refractivity contribution in [2.24, 2.45) is 50.7 Å². The van der Waals surface area contributed by atoms with Crippen LogP contribution in [0.25, 0.3) is 0 Å². The van der Waals surface area contributed by atoms with Gasteiger partial charge in [0.2, 0.25) is 0 Å². The minimum atomic E-state index is 0.409. The van der Waals surface area contributed by atoms with E-state index in [1.165, 1.54) is 25.7 Å². The highest BCUT2D eigenvalue weighted by molar-refractivity contribution is 5.53. The summed E-state index contributed by atoms with van der Waals surface area (Å²) in [4.78, 5) is 0. The van der Waals surface area contributed by atoms with Crippen molar-refractivity contribution >= 4 is 0 Å². The third kappa shape index (κ3) is 0.733. The first-order valence-corrected chi connectivity index (χ1v) is 8.86. The SMILES string of the molecule is CC(CO)[C@@]12C3CC(C)(C)[C@@]45CC[C@@H](C4)C(C)(C)C15[C@@H]32. The fraction of sp³-hybridized carbons (Fsp3) is 1.00. The smallest absolute Gasteiger partial charge is 0.0462 e. The van der Waals surface area contributed by atoms with Crippen LogP contribution in [0.3, 0.4) is 0 Å². The number of fused-ring (bicyclic) bond motifs is 2. The first-order valence-electron chi connectivity index (χ1n) is 8.86. The minimum Gasteiger partial charge on any atom is -0.396 e. The molecule has 0 radical (unpaired) electrons. The molecule has 2 bridgehead atoms. The van der Waals surface area contributed by atoms with Gasteiger partial charge in [-0.1, -0.05) is 34.6 Å². The largest absolute Gasteiger partial charge is 0.396 e. The summed E-state index contributed by atoms with van der Waals surface area (Å²) in [7, 11) is 0. The summed E-state index contributed by atoms with van der Waals surface area (Å²) in [6.45, 7) is 13.1. The molecule has 0 aromatic heterocycles. The Bertz CT molecular complexity index is 520. The molecule has 20 heavy (non-hydrogen) atoms. The average molecular weight is 274 g/mol. The number of hydrogen-bond acceptors (Lipinski definition) is 1. The highest BCUT2D eigenvalue weighted by Gasteiger charge is 3.07. The zero-order valence-electron chi connectivity index (χ0n) is 13.8. The molecule has 0 aromatic carbocycles. The van der Waals surface area contributed by atoms with Crippen LogP contribution in [0.1, 0.15) is 60.3 Å². The van der Waals surface area contributed by atoms with Crippen molar-refractivity contribution in [3.8, 4) is 0 Å². The lowest BCUT2D eigenvalue weighted by Crippen LogP contribution is -2.59. The zero-order chi connectivity index (χ0) is 14.3. The van der Waals surface area contributed by atoms with E-state index in [1.54, 1.807) is 0 Å². The van der Waals surface area contributed by atoms with Crippen molar-refractivity contribution in [2.75, 3.05) is 6.61 Å². The molecule has 0 amide bonds. The molecule has 7 atom stereocenters. The van der Waals surface area contributed by atoms with Gasteiger partial charge in [0.15, 0.2) is 0 Å². The number of hydrogen-bond donors (Lipinski definition) is 1. The zero-order valence-corrected chi connectivity index (χ0v) is 13.8. The highest BCUT2D eigenvalue weighted by atomic mass is 16.3. The average Bonchev–Trinajstić information content (AvgIpc) is 3.10. The highest BCUT2D eigenvalue weighted by Crippen LogP contribution is 3.10. The second kappa shape index (κ2) is 2.77. The summed E-state index contributed by atoms with van der Waals surface area (Å²) in [6, 6.07) is 0. The van der Waals surface area contributed by atoms with Crippen LogP contribution in [-0.2, 0) is 0 Å². The molecule has 5 saturated carbocycles. The Balaban J connectivity index is 1.74. The van der Waals surface area contributed by atoms with Crippen LogP contribution < -0.4 is 0 Å². The summed E-state index contributed by atoms with van der Waals surface area (Å²) in [5.41, 5.74) is 2.82. The van der Waals surface area contributed by atoms with Crippen LogP contribution in [0.15, 0.2) is 0 Å². The molecule has 1 N–H and O–H groups in total. The standard InChI is InChI=1S/C19H30O/c1-11(10-20)18-13-9-15(2,3)17-7-6-12(8-17)16(4,5)19(17,18)14(13)18/h11-14,20H,6-10H2,1-5H3/t11?,12-,13?,14-,17+,18-,19?/m0/s1. The van der Waals surface area contributed by atoms with Crippen LogP contribution in [0, 0.1) is 50.7 Å². The van der Waals surface area contributed by atoms with Crippen LogP contribution in [-0.4, -0.2) is 11.7 Å². The van der Waals surface area contributed by atoms with E-state index in [2.05, 4.69) is 34.6 Å². The molecule has 2 spiro atoms. The molecule has 0 aromatic rings. The van der Waals surface area contributed by atoms with Gasteiger partial charge in [-0.15, -0.1) is 0 Å². The van der Waals surface area contributed by atoms with Gasteiger partial charge >= 0.3 is 0 Å². The van der Waals surface area contributed by atoms with Crippen LogP contribution in [0.5, 0.6) is 0 Å². The molecule has 1 nitrogen and oxygen atoms in total. The summed E-state index contributed by atoms with van der Waals surface area (Å²) in [6.07, 6.45) is 5.89. The molecular weight excluding hydrogens is 244 g/mol. The van der Waals surface area contributed by atoms with Gasteiger partial charge in [-0.05, 0) is 76.4 Å². The minimum absolute atomic E-state index is 0.409. The van der Waals surface area contributed by atoms with Gasteiger partial charge in [0, 0.05) is 6.61 Å². The second-order valence-electron chi connectivity index (χ2n) is 10.2. The maximum Gasteiger partial charge on any atom is 0.0462 e. The number of aliphatic hydroxyl groups is 1. The molecule has 5 aliphatic carbocycles. The van der Waals surface area contributed by atoms with Gasteiger partial charge in [0.1, 0.15) is 0 Å². The monoisotopic (exact) mass is 274 g/mol. The molecule has 5 fully saturated rings. The van der Waals surface area contributed by atoms with E-state index in [0.29, 0.717) is 39.6 Å². The number of aliphatic hydroxyl groups excluding tert-OH is 1. The molecule has 3 unspecified atom stereocenters. The Labute approximate surface area is 123 Å². The molecule has 0 heterocycles. The van der Waals surface area contributed by atoms with Crippen molar-refractivity contribution < 1.29 is 5.11 Å². The van der Waals surface area contributed by atoms with Crippen molar-refractivity contribution in [2.45, 2.75) is 60.3 Å². The molecule has 1 heteroatoms. The van der Waals surface area contributed by atoms with Crippen LogP contribution >= 0.6 is 0 Å². The third-order valence-corrected chi connectivity index (χ3v) is 9.91. The third-order valence-electron chi connectivity index (χ3n) is 9.91. The topological polar surface area (TPSA) is 20.2 Å². The summed E-state index contributed by atoms with van der Waals surface area (Å²) in [5.74, 6) is 3.41. The first kappa shape index (κ1) is 12.5. The van der Waals surface area contributed by atoms with Gasteiger partial charge in [0.05, 0.1) is 0 Å². The van der Waals surface area contributed by atoms with E-state index < -0.39 is 0 Å². The quantitative estimate of drug-likeness (QED) is 0.803. The Hall–Kier alpha value is -0.0400. The van der Waals surface area contributed by atoms with Crippen molar-refractivity contribution in [1.82, 2.24) is 0 Å². The van der Waals surface area contributed by atoms with Crippen molar-refractivity contribution in [3.05, 3.63) is 0 Å². The molecule has 112 valence electrons. The summed E-state index contributed by atoms with van der Waals surface area (Å²) >= 11 is 0. The van der Waals surface area contributed by atoms with Gasteiger partial charge in [-0.25, -0.2) is 0 Å². The summed E-state index contributed by atoms with van der Waals surface area (Å²) in [5, 5.41) is 9.88. The molecular formula is C19H30O. The predicted octanol–water partition coefficient (Wildman–Crippen LogP) is 4.10. The Morgan fingerprint density at radius 3 is 2.50 bits per heavy atom. The first-order chi connectivity index (χ1) is 9.25. The van der Waals surface area contributed by atoms with Crippen LogP contribution in [0.4, 0.5) is 0 Å². The maximum atomic E-state index is 9.88. The Morgan fingerprint density at radius 1 is 1.15 bits per heavy atom. The number of rotatable bonds is 2. The molecule has 5 aliphatic rings. The fourth-order valence-corrected chi connectivity index (χ4v) is 9.55. The van der Waals surface area contributed by atoms with Gasteiger partial charge in [-0.3, -0.25) is 0 Å². The molecule has 0 saturated heterocycles. The van der Waals surface area contributed by atoms with Crippen LogP contribution in [0.2, 0.25) is 0 Å².